The van der Waals surface area contributed by atoms with Gasteiger partial charge in [-0.3, -0.25) is 9.10 Å². The van der Waals surface area contributed by atoms with E-state index in [1.54, 1.807) is 17.0 Å². The number of hydrogen-bond donors (Lipinski definition) is 0. The van der Waals surface area contributed by atoms with E-state index in [1.165, 1.54) is 23.4 Å². The van der Waals surface area contributed by atoms with Crippen molar-refractivity contribution in [1.29, 1.82) is 0 Å². The lowest BCUT2D eigenvalue weighted by atomic mass is 10.1. The predicted octanol–water partition coefficient (Wildman–Crippen LogP) is 1.88. The van der Waals surface area contributed by atoms with Crippen molar-refractivity contribution in [1.82, 2.24) is 4.90 Å². The first-order valence-electron chi connectivity index (χ1n) is 7.65. The molecule has 6 heteroatoms. The molecule has 1 fully saturated rings. The first-order valence-corrected chi connectivity index (χ1v) is 9.50. The van der Waals surface area contributed by atoms with Gasteiger partial charge in [0.1, 0.15) is 0 Å². The Morgan fingerprint density at radius 1 is 1.36 bits per heavy atom. The van der Waals surface area contributed by atoms with E-state index >= 15 is 0 Å². The maximum atomic E-state index is 12.5. The molecule has 1 unspecified atom stereocenters. The summed E-state index contributed by atoms with van der Waals surface area (Å²) in [5, 5.41) is 0. The molecule has 0 aromatic heterocycles. The number of nitrogens with zero attached hydrogens (tertiary/aromatic N) is 2. The highest BCUT2D eigenvalue weighted by Crippen LogP contribution is 2.35. The van der Waals surface area contributed by atoms with Gasteiger partial charge in [0, 0.05) is 25.2 Å². The monoisotopic (exact) mass is 322 g/mol. The van der Waals surface area contributed by atoms with Gasteiger partial charge in [0.25, 0.3) is 5.91 Å². The number of amides is 1. The van der Waals surface area contributed by atoms with Gasteiger partial charge in [-0.2, -0.15) is 0 Å². The number of carbonyl (C=O) groups is 1. The van der Waals surface area contributed by atoms with Crippen LogP contribution in [0.25, 0.3) is 0 Å². The minimum Gasteiger partial charge on any atom is -0.341 e. The van der Waals surface area contributed by atoms with E-state index < -0.39 is 10.0 Å². The summed E-state index contributed by atoms with van der Waals surface area (Å²) in [6, 6.07) is 5.25. The molecule has 1 atom stereocenters. The van der Waals surface area contributed by atoms with Crippen molar-refractivity contribution in [3.63, 3.8) is 0 Å². The topological polar surface area (TPSA) is 57.7 Å². The van der Waals surface area contributed by atoms with E-state index in [0.717, 1.165) is 12.1 Å². The quantitative estimate of drug-likeness (QED) is 0.850. The van der Waals surface area contributed by atoms with Gasteiger partial charge >= 0.3 is 0 Å². The Balaban J connectivity index is 1.86. The molecule has 0 saturated heterocycles. The highest BCUT2D eigenvalue weighted by atomic mass is 32.2. The fourth-order valence-electron chi connectivity index (χ4n) is 3.23. The van der Waals surface area contributed by atoms with Crippen molar-refractivity contribution < 1.29 is 13.2 Å². The summed E-state index contributed by atoms with van der Waals surface area (Å²) in [5.74, 6) is 0.671. The average Bonchev–Trinajstić information content (AvgIpc) is 3.15. The molecule has 1 aliphatic carbocycles. The van der Waals surface area contributed by atoms with Crippen LogP contribution >= 0.6 is 0 Å². The number of carbonyl (C=O) groups excluding carboxylic acids is 1. The van der Waals surface area contributed by atoms with Crippen molar-refractivity contribution >= 4 is 21.6 Å². The first-order chi connectivity index (χ1) is 10.3. The van der Waals surface area contributed by atoms with Crippen molar-refractivity contribution in [2.24, 2.45) is 5.92 Å². The van der Waals surface area contributed by atoms with Crippen LogP contribution in [0.3, 0.4) is 0 Å². The van der Waals surface area contributed by atoms with E-state index in [4.69, 9.17) is 0 Å². The summed E-state index contributed by atoms with van der Waals surface area (Å²) in [4.78, 5) is 14.2. The summed E-state index contributed by atoms with van der Waals surface area (Å²) >= 11 is 0. The molecule has 0 spiro atoms. The molecule has 2 aliphatic rings. The normalized spacial score (nSPS) is 20.9. The lowest BCUT2D eigenvalue weighted by Crippen LogP contribution is -2.34. The third-order valence-corrected chi connectivity index (χ3v) is 5.68. The molecule has 1 aromatic rings. The van der Waals surface area contributed by atoms with Crippen LogP contribution in [0.4, 0.5) is 5.69 Å². The molecule has 1 amide bonds. The van der Waals surface area contributed by atoms with Crippen LogP contribution in [0.5, 0.6) is 0 Å². The summed E-state index contributed by atoms with van der Waals surface area (Å²) in [7, 11) is -1.45. The fourth-order valence-corrected chi connectivity index (χ4v) is 4.50. The minimum atomic E-state index is -3.28. The number of benzene rings is 1. The Labute approximate surface area is 132 Å². The van der Waals surface area contributed by atoms with Crippen LogP contribution in [0.1, 0.15) is 35.7 Å². The second kappa shape index (κ2) is 5.26. The van der Waals surface area contributed by atoms with E-state index in [2.05, 4.69) is 0 Å². The molecular formula is C16H22N2O3S. The van der Waals surface area contributed by atoms with Gasteiger partial charge in [-0.15, -0.1) is 0 Å². The maximum absolute atomic E-state index is 12.5. The lowest BCUT2D eigenvalue weighted by Gasteiger charge is -2.22. The second-order valence-electron chi connectivity index (χ2n) is 6.58. The highest BCUT2D eigenvalue weighted by molar-refractivity contribution is 7.92. The summed E-state index contributed by atoms with van der Waals surface area (Å²) in [6.07, 6.45) is 4.29. The molecule has 0 N–H and O–H groups in total. The maximum Gasteiger partial charge on any atom is 0.253 e. The largest absolute Gasteiger partial charge is 0.341 e. The standard InChI is InChI=1S/C16H22N2O3S/c1-11-8-14-9-13(16(19)17(2)10-12-4-5-12)6-7-15(14)18(11)22(3,20)21/h6-7,9,11-12H,4-5,8,10H2,1-3H3. The van der Waals surface area contributed by atoms with Crippen molar-refractivity contribution in [2.45, 2.75) is 32.2 Å². The lowest BCUT2D eigenvalue weighted by molar-refractivity contribution is 0.0788. The zero-order chi connectivity index (χ0) is 16.1. The molecular weight excluding hydrogens is 300 g/mol. The Morgan fingerprint density at radius 3 is 2.64 bits per heavy atom. The van der Waals surface area contributed by atoms with Gasteiger partial charge in [-0.25, -0.2) is 8.42 Å². The Hall–Kier alpha value is -1.56. The second-order valence-corrected chi connectivity index (χ2v) is 8.44. The summed E-state index contributed by atoms with van der Waals surface area (Å²) in [6.45, 7) is 2.70. The van der Waals surface area contributed by atoms with Gasteiger partial charge in [0.15, 0.2) is 0 Å². The Morgan fingerprint density at radius 2 is 2.05 bits per heavy atom. The van der Waals surface area contributed by atoms with Crippen LogP contribution in [0, 0.1) is 5.92 Å². The molecule has 5 nitrogen and oxygen atoms in total. The summed E-state index contributed by atoms with van der Waals surface area (Å²) < 4.78 is 25.3. The first kappa shape index (κ1) is 15.3. The van der Waals surface area contributed by atoms with Crippen molar-refractivity contribution in [3.8, 4) is 0 Å². The smallest absolute Gasteiger partial charge is 0.253 e. The predicted molar refractivity (Wildman–Crippen MR) is 86.6 cm³/mol. The van der Waals surface area contributed by atoms with Crippen LogP contribution in [0.2, 0.25) is 0 Å². The van der Waals surface area contributed by atoms with Crippen molar-refractivity contribution in [2.75, 3.05) is 24.2 Å². The molecule has 120 valence electrons. The number of rotatable bonds is 4. The zero-order valence-corrected chi connectivity index (χ0v) is 14.1. The highest BCUT2D eigenvalue weighted by Gasteiger charge is 2.33. The van der Waals surface area contributed by atoms with Gasteiger partial charge < -0.3 is 4.90 Å². The SMILES string of the molecule is CC1Cc2cc(C(=O)N(C)CC3CC3)ccc2N1S(C)(=O)=O. The van der Waals surface area contributed by atoms with Crippen LogP contribution in [-0.4, -0.2) is 45.1 Å². The van der Waals surface area contributed by atoms with Gasteiger partial charge in [-0.05, 0) is 55.9 Å². The molecule has 0 bridgehead atoms. The Kier molecular flexibility index (Phi) is 3.67. The number of anilines is 1. The van der Waals surface area contributed by atoms with Crippen LogP contribution < -0.4 is 4.31 Å². The van der Waals surface area contributed by atoms with Gasteiger partial charge in [-0.1, -0.05) is 0 Å². The van der Waals surface area contributed by atoms with E-state index in [9.17, 15) is 13.2 Å². The zero-order valence-electron chi connectivity index (χ0n) is 13.2. The third-order valence-electron chi connectivity index (χ3n) is 4.41. The molecule has 1 aromatic carbocycles. The molecule has 3 rings (SSSR count). The van der Waals surface area contributed by atoms with Crippen molar-refractivity contribution in [3.05, 3.63) is 29.3 Å². The number of sulfonamides is 1. The van der Waals surface area contributed by atoms with Crippen LogP contribution in [0.15, 0.2) is 18.2 Å². The minimum absolute atomic E-state index is 0.0140. The molecule has 0 radical (unpaired) electrons. The van der Waals surface area contributed by atoms with Gasteiger partial charge in [0.05, 0.1) is 11.9 Å². The molecule has 22 heavy (non-hydrogen) atoms. The van der Waals surface area contributed by atoms with E-state index in [-0.39, 0.29) is 11.9 Å². The Bertz CT molecular complexity index is 710. The number of hydrogen-bond acceptors (Lipinski definition) is 3. The van der Waals surface area contributed by atoms with Crippen LogP contribution in [-0.2, 0) is 16.4 Å². The van der Waals surface area contributed by atoms with E-state index in [1.807, 2.05) is 20.0 Å². The molecule has 1 heterocycles. The molecule has 1 saturated carbocycles. The molecule has 1 aliphatic heterocycles. The summed E-state index contributed by atoms with van der Waals surface area (Å²) in [5.41, 5.74) is 2.28. The van der Waals surface area contributed by atoms with E-state index in [0.29, 0.717) is 23.6 Å². The average molecular weight is 322 g/mol. The third kappa shape index (κ3) is 2.84. The fraction of sp³-hybridized carbons (Fsp3) is 0.562. The van der Waals surface area contributed by atoms with Gasteiger partial charge in [0.2, 0.25) is 10.0 Å². The number of fused-ring (bicyclic) bond motifs is 1.